The molecule has 1 fully saturated rings. The van der Waals surface area contributed by atoms with Crippen LogP contribution in [-0.4, -0.2) is 4.98 Å². The third-order valence-electron chi connectivity index (χ3n) is 3.27. The van der Waals surface area contributed by atoms with Gasteiger partial charge in [-0.25, -0.2) is 4.98 Å². The number of benzene rings is 1. The number of aryl methyl sites for hydroxylation is 1. The zero-order valence-electron chi connectivity index (χ0n) is 9.90. The first-order chi connectivity index (χ1) is 8.64. The van der Waals surface area contributed by atoms with Crippen LogP contribution in [0.15, 0.2) is 28.7 Å². The molecule has 1 heterocycles. The Labute approximate surface area is 118 Å². The van der Waals surface area contributed by atoms with Gasteiger partial charge >= 0.3 is 0 Å². The first kappa shape index (κ1) is 11.9. The molecule has 1 aromatic carbocycles. The van der Waals surface area contributed by atoms with Crippen molar-refractivity contribution in [1.29, 1.82) is 5.26 Å². The van der Waals surface area contributed by atoms with Gasteiger partial charge in [0.2, 0.25) is 0 Å². The predicted molar refractivity (Wildman–Crippen MR) is 76.5 cm³/mol. The van der Waals surface area contributed by atoms with Gasteiger partial charge in [0.05, 0.1) is 17.2 Å². The van der Waals surface area contributed by atoms with E-state index in [4.69, 9.17) is 0 Å². The van der Waals surface area contributed by atoms with Gasteiger partial charge in [-0.1, -0.05) is 28.1 Å². The van der Waals surface area contributed by atoms with Crippen molar-refractivity contribution >= 4 is 27.3 Å². The summed E-state index contributed by atoms with van der Waals surface area (Å²) in [5.74, 6) is 0. The number of halogens is 1. The lowest BCUT2D eigenvalue weighted by molar-refractivity contribution is 0.914. The van der Waals surface area contributed by atoms with Gasteiger partial charge in [0.1, 0.15) is 5.01 Å². The molecule has 0 atom stereocenters. The summed E-state index contributed by atoms with van der Waals surface area (Å²) in [5, 5.41) is 10.3. The summed E-state index contributed by atoms with van der Waals surface area (Å²) in [6.45, 7) is 2.00. The molecule has 0 radical (unpaired) electrons. The number of thiazole rings is 1. The van der Waals surface area contributed by atoms with Gasteiger partial charge in [0.25, 0.3) is 0 Å². The molecule has 0 unspecified atom stereocenters. The third-order valence-corrected chi connectivity index (χ3v) is 5.17. The van der Waals surface area contributed by atoms with Gasteiger partial charge in [0, 0.05) is 14.9 Å². The van der Waals surface area contributed by atoms with Crippen LogP contribution in [-0.2, 0) is 5.41 Å². The summed E-state index contributed by atoms with van der Waals surface area (Å²) in [4.78, 5) is 5.78. The molecule has 0 N–H and O–H groups in total. The van der Waals surface area contributed by atoms with Gasteiger partial charge in [-0.3, -0.25) is 0 Å². The average molecular weight is 319 g/mol. The maximum Gasteiger partial charge on any atom is 0.123 e. The monoisotopic (exact) mass is 318 g/mol. The lowest BCUT2D eigenvalue weighted by Crippen LogP contribution is -2.01. The van der Waals surface area contributed by atoms with Gasteiger partial charge in [-0.15, -0.1) is 11.3 Å². The second kappa shape index (κ2) is 4.18. The number of nitriles is 1. The van der Waals surface area contributed by atoms with Gasteiger partial charge in [-0.05, 0) is 31.9 Å². The van der Waals surface area contributed by atoms with Crippen molar-refractivity contribution in [3.05, 3.63) is 39.3 Å². The topological polar surface area (TPSA) is 36.7 Å². The highest BCUT2D eigenvalue weighted by atomic mass is 79.9. The van der Waals surface area contributed by atoms with E-state index in [1.54, 1.807) is 11.3 Å². The molecule has 1 saturated carbocycles. The highest BCUT2D eigenvalue weighted by Gasteiger charge is 2.47. The Morgan fingerprint density at radius 3 is 2.83 bits per heavy atom. The molecule has 1 aromatic heterocycles. The first-order valence-corrected chi connectivity index (χ1v) is 7.41. The standard InChI is InChI=1S/C14H11BrN2S/c1-9-12(14(8-16)5-6-14)18-13(17-9)10-3-2-4-11(15)7-10/h2-4,7H,5-6H2,1H3. The Morgan fingerprint density at radius 1 is 1.44 bits per heavy atom. The van der Waals surface area contributed by atoms with E-state index in [1.807, 2.05) is 19.1 Å². The molecular weight excluding hydrogens is 308 g/mol. The smallest absolute Gasteiger partial charge is 0.123 e. The van der Waals surface area contributed by atoms with Crippen LogP contribution in [0.5, 0.6) is 0 Å². The highest BCUT2D eigenvalue weighted by Crippen LogP contribution is 2.51. The summed E-state index contributed by atoms with van der Waals surface area (Å²) in [7, 11) is 0. The zero-order valence-corrected chi connectivity index (χ0v) is 12.3. The van der Waals surface area contributed by atoms with Crippen molar-refractivity contribution in [2.24, 2.45) is 0 Å². The predicted octanol–water partition coefficient (Wildman–Crippen LogP) is 4.44. The van der Waals surface area contributed by atoms with Crippen molar-refractivity contribution in [3.63, 3.8) is 0 Å². The second-order valence-corrected chi connectivity index (χ2v) is 6.55. The summed E-state index contributed by atoms with van der Waals surface area (Å²) in [5.41, 5.74) is 1.89. The summed E-state index contributed by atoms with van der Waals surface area (Å²) >= 11 is 5.14. The van der Waals surface area contributed by atoms with Crippen LogP contribution < -0.4 is 0 Å². The fourth-order valence-electron chi connectivity index (χ4n) is 2.10. The van der Waals surface area contributed by atoms with E-state index in [9.17, 15) is 5.26 Å². The lowest BCUT2D eigenvalue weighted by Gasteiger charge is -2.01. The van der Waals surface area contributed by atoms with Crippen molar-refractivity contribution in [1.82, 2.24) is 4.98 Å². The molecule has 0 saturated heterocycles. The molecule has 1 aliphatic rings. The van der Waals surface area contributed by atoms with Crippen LogP contribution in [0.4, 0.5) is 0 Å². The minimum Gasteiger partial charge on any atom is -0.241 e. The van der Waals surface area contributed by atoms with Crippen LogP contribution >= 0.6 is 27.3 Å². The van der Waals surface area contributed by atoms with Gasteiger partial charge in [0.15, 0.2) is 0 Å². The Bertz CT molecular complexity index is 650. The second-order valence-electron chi connectivity index (χ2n) is 4.64. The molecule has 0 spiro atoms. The fourth-order valence-corrected chi connectivity index (χ4v) is 3.76. The number of hydrogen-bond donors (Lipinski definition) is 0. The molecule has 0 bridgehead atoms. The number of rotatable bonds is 2. The third kappa shape index (κ3) is 1.88. The van der Waals surface area contributed by atoms with Gasteiger partial charge in [-0.2, -0.15) is 5.26 Å². The largest absolute Gasteiger partial charge is 0.241 e. The number of hydrogen-bond acceptors (Lipinski definition) is 3. The van der Waals surface area contributed by atoms with E-state index in [-0.39, 0.29) is 5.41 Å². The van der Waals surface area contributed by atoms with Crippen LogP contribution in [0, 0.1) is 18.3 Å². The van der Waals surface area contributed by atoms with Crippen LogP contribution in [0.2, 0.25) is 0 Å². The van der Waals surface area contributed by atoms with Crippen LogP contribution in [0.25, 0.3) is 10.6 Å². The van der Waals surface area contributed by atoms with Crippen LogP contribution in [0.3, 0.4) is 0 Å². The van der Waals surface area contributed by atoms with Crippen LogP contribution in [0.1, 0.15) is 23.4 Å². The fraction of sp³-hybridized carbons (Fsp3) is 0.286. The highest BCUT2D eigenvalue weighted by molar-refractivity contribution is 9.10. The molecule has 2 aromatic rings. The minimum atomic E-state index is -0.230. The molecule has 18 heavy (non-hydrogen) atoms. The Balaban J connectivity index is 2.06. The normalized spacial score (nSPS) is 16.3. The minimum absolute atomic E-state index is 0.230. The van der Waals surface area contributed by atoms with E-state index in [1.165, 1.54) is 0 Å². The molecular formula is C14H11BrN2S. The zero-order chi connectivity index (χ0) is 12.8. The van der Waals surface area contributed by atoms with E-state index in [2.05, 4.69) is 39.1 Å². The summed E-state index contributed by atoms with van der Waals surface area (Å²) in [6, 6.07) is 10.6. The average Bonchev–Trinajstić information content (AvgIpc) is 3.06. The van der Waals surface area contributed by atoms with E-state index >= 15 is 0 Å². The summed E-state index contributed by atoms with van der Waals surface area (Å²) in [6.07, 6.45) is 1.95. The molecule has 0 aliphatic heterocycles. The van der Waals surface area contributed by atoms with E-state index in [0.29, 0.717) is 0 Å². The maximum atomic E-state index is 9.28. The molecule has 0 amide bonds. The maximum absolute atomic E-state index is 9.28. The molecule has 4 heteroatoms. The molecule has 90 valence electrons. The molecule has 1 aliphatic carbocycles. The Kier molecular flexibility index (Phi) is 2.76. The quantitative estimate of drug-likeness (QED) is 0.821. The van der Waals surface area contributed by atoms with E-state index in [0.717, 1.165) is 38.5 Å². The SMILES string of the molecule is Cc1nc(-c2cccc(Br)c2)sc1C1(C#N)CC1. The van der Waals surface area contributed by atoms with Crippen molar-refractivity contribution in [2.75, 3.05) is 0 Å². The lowest BCUT2D eigenvalue weighted by atomic mass is 10.1. The van der Waals surface area contributed by atoms with Crippen molar-refractivity contribution in [2.45, 2.75) is 25.2 Å². The van der Waals surface area contributed by atoms with Crippen molar-refractivity contribution < 1.29 is 0 Å². The first-order valence-electron chi connectivity index (χ1n) is 5.80. The Morgan fingerprint density at radius 2 is 2.22 bits per heavy atom. The van der Waals surface area contributed by atoms with Gasteiger partial charge < -0.3 is 0 Å². The van der Waals surface area contributed by atoms with E-state index < -0.39 is 0 Å². The molecule has 3 rings (SSSR count). The van der Waals surface area contributed by atoms with Crippen molar-refractivity contribution in [3.8, 4) is 16.6 Å². The summed E-state index contributed by atoms with van der Waals surface area (Å²) < 4.78 is 1.05. The number of nitrogens with zero attached hydrogens (tertiary/aromatic N) is 2. The Hall–Kier alpha value is -1.18. The molecule has 2 nitrogen and oxygen atoms in total. The number of aromatic nitrogens is 1.